The number of esters is 2. The molecule has 2 N–H and O–H groups in total. The molecular formula is C21H18O7. The van der Waals surface area contributed by atoms with Crippen LogP contribution in [0.4, 0.5) is 0 Å². The van der Waals surface area contributed by atoms with Crippen molar-refractivity contribution in [1.29, 1.82) is 0 Å². The Bertz CT molecular complexity index is 891. The minimum absolute atomic E-state index is 0.181. The lowest BCUT2D eigenvalue weighted by Gasteiger charge is -2.37. The van der Waals surface area contributed by atoms with Crippen LogP contribution in [0, 0.1) is 0 Å². The van der Waals surface area contributed by atoms with Gasteiger partial charge in [-0.2, -0.15) is 0 Å². The van der Waals surface area contributed by atoms with Gasteiger partial charge in [-0.25, -0.2) is 9.59 Å². The highest BCUT2D eigenvalue weighted by atomic mass is 16.6. The summed E-state index contributed by atoms with van der Waals surface area (Å²) in [5, 5.41) is 21.0. The quantitative estimate of drug-likeness (QED) is 0.750. The first kappa shape index (κ1) is 19.5. The van der Waals surface area contributed by atoms with Gasteiger partial charge in [0.2, 0.25) is 5.60 Å². The van der Waals surface area contributed by atoms with Crippen LogP contribution >= 0.6 is 0 Å². The second kappa shape index (κ2) is 8.16. The van der Waals surface area contributed by atoms with Crippen LogP contribution in [0.1, 0.15) is 20.7 Å². The van der Waals surface area contributed by atoms with E-state index in [9.17, 15) is 24.6 Å². The molecule has 2 aromatic carbocycles. The molecule has 0 spiro atoms. The number of aliphatic hydroxyl groups is 2. The van der Waals surface area contributed by atoms with Crippen LogP contribution in [0.15, 0.2) is 72.8 Å². The molecule has 0 radical (unpaired) electrons. The van der Waals surface area contributed by atoms with Crippen molar-refractivity contribution in [2.24, 2.45) is 0 Å². The van der Waals surface area contributed by atoms with Crippen LogP contribution in [0.5, 0.6) is 0 Å². The molecule has 144 valence electrons. The van der Waals surface area contributed by atoms with Crippen LogP contribution in [-0.2, 0) is 14.3 Å². The Kier molecular flexibility index (Phi) is 5.67. The zero-order valence-corrected chi connectivity index (χ0v) is 14.7. The highest BCUT2D eigenvalue weighted by molar-refractivity contribution is 6.00. The van der Waals surface area contributed by atoms with Gasteiger partial charge in [0, 0.05) is 0 Å². The fourth-order valence-electron chi connectivity index (χ4n) is 2.77. The van der Waals surface area contributed by atoms with Crippen molar-refractivity contribution in [2.75, 3.05) is 6.61 Å². The molecule has 0 amide bonds. The van der Waals surface area contributed by atoms with E-state index in [-0.39, 0.29) is 11.1 Å². The van der Waals surface area contributed by atoms with Crippen LogP contribution in [0.2, 0.25) is 0 Å². The summed E-state index contributed by atoms with van der Waals surface area (Å²) < 4.78 is 10.3. The molecule has 0 saturated carbocycles. The zero-order valence-electron chi connectivity index (χ0n) is 14.7. The average Bonchev–Trinajstić information content (AvgIpc) is 2.73. The van der Waals surface area contributed by atoms with Crippen molar-refractivity contribution in [2.45, 2.75) is 17.8 Å². The first-order valence-corrected chi connectivity index (χ1v) is 8.53. The van der Waals surface area contributed by atoms with Crippen LogP contribution in [0.25, 0.3) is 0 Å². The van der Waals surface area contributed by atoms with Crippen molar-refractivity contribution in [3.63, 3.8) is 0 Å². The smallest absolute Gasteiger partial charge is 0.338 e. The van der Waals surface area contributed by atoms with Crippen LogP contribution in [-0.4, -0.2) is 52.4 Å². The van der Waals surface area contributed by atoms with E-state index in [2.05, 4.69) is 0 Å². The topological polar surface area (TPSA) is 110 Å². The summed E-state index contributed by atoms with van der Waals surface area (Å²) in [4.78, 5) is 36.8. The molecule has 3 atom stereocenters. The minimum Gasteiger partial charge on any atom is -0.458 e. The molecule has 0 bridgehead atoms. The lowest BCUT2D eigenvalue weighted by atomic mass is 9.84. The highest BCUT2D eigenvalue weighted by Crippen LogP contribution is 2.26. The van der Waals surface area contributed by atoms with E-state index in [1.54, 1.807) is 36.4 Å². The number of hydrogen-bond donors (Lipinski definition) is 2. The Morgan fingerprint density at radius 1 is 0.929 bits per heavy atom. The lowest BCUT2D eigenvalue weighted by molar-refractivity contribution is -0.166. The SMILES string of the molecule is O=C(OCC1(O)C(=O)C=CC(O)C1OC(=O)c1ccccc1)c1ccccc1. The molecule has 1 aliphatic carbocycles. The highest BCUT2D eigenvalue weighted by Gasteiger charge is 2.52. The summed E-state index contributed by atoms with van der Waals surface area (Å²) in [7, 11) is 0. The standard InChI is InChI=1S/C21H18O7/c22-16-11-12-17(23)21(26,13-27-19(24)14-7-3-1-4-8-14)18(16)28-20(25)15-9-5-2-6-10-15/h1-12,16,18,22,26H,13H2. The number of carbonyl (C=O) groups is 3. The molecule has 2 aromatic rings. The van der Waals surface area contributed by atoms with Crippen molar-refractivity contribution in [1.82, 2.24) is 0 Å². The second-order valence-electron chi connectivity index (χ2n) is 6.27. The van der Waals surface area contributed by atoms with E-state index in [1.165, 1.54) is 24.3 Å². The number of ether oxygens (including phenoxy) is 2. The van der Waals surface area contributed by atoms with Gasteiger partial charge in [-0.15, -0.1) is 0 Å². The maximum Gasteiger partial charge on any atom is 0.338 e. The summed E-state index contributed by atoms with van der Waals surface area (Å²) in [5.41, 5.74) is -2.01. The normalized spacial score (nSPS) is 23.9. The molecule has 3 unspecified atom stereocenters. The molecule has 7 heteroatoms. The summed E-state index contributed by atoms with van der Waals surface area (Å²) in [5.74, 6) is -2.44. The fourth-order valence-corrected chi connectivity index (χ4v) is 2.77. The Morgan fingerprint density at radius 3 is 2.04 bits per heavy atom. The van der Waals surface area contributed by atoms with Gasteiger partial charge in [-0.3, -0.25) is 4.79 Å². The average molecular weight is 382 g/mol. The van der Waals surface area contributed by atoms with Crippen molar-refractivity contribution >= 4 is 17.7 Å². The third kappa shape index (κ3) is 4.00. The monoisotopic (exact) mass is 382 g/mol. The fraction of sp³-hybridized carbons (Fsp3) is 0.190. The van der Waals surface area contributed by atoms with E-state index in [1.807, 2.05) is 0 Å². The van der Waals surface area contributed by atoms with Crippen molar-refractivity contribution in [3.8, 4) is 0 Å². The first-order valence-electron chi connectivity index (χ1n) is 8.53. The van der Waals surface area contributed by atoms with Gasteiger partial charge in [0.05, 0.1) is 11.1 Å². The van der Waals surface area contributed by atoms with Gasteiger partial charge in [0.1, 0.15) is 12.7 Å². The maximum absolute atomic E-state index is 12.3. The Labute approximate surface area is 160 Å². The second-order valence-corrected chi connectivity index (χ2v) is 6.27. The van der Waals surface area contributed by atoms with Crippen molar-refractivity contribution < 1.29 is 34.1 Å². The van der Waals surface area contributed by atoms with E-state index >= 15 is 0 Å². The number of ketones is 1. The first-order chi connectivity index (χ1) is 13.4. The molecule has 0 fully saturated rings. The molecule has 7 nitrogen and oxygen atoms in total. The van der Waals surface area contributed by atoms with E-state index in [0.717, 1.165) is 12.2 Å². The molecule has 28 heavy (non-hydrogen) atoms. The van der Waals surface area contributed by atoms with Gasteiger partial charge in [0.25, 0.3) is 0 Å². The third-order valence-corrected chi connectivity index (χ3v) is 4.33. The molecule has 0 heterocycles. The van der Waals surface area contributed by atoms with E-state index < -0.39 is 42.1 Å². The summed E-state index contributed by atoms with van der Waals surface area (Å²) in [6, 6.07) is 15.9. The van der Waals surface area contributed by atoms with Crippen LogP contribution in [0.3, 0.4) is 0 Å². The molecule has 0 aromatic heterocycles. The van der Waals surface area contributed by atoms with Gasteiger partial charge in [-0.05, 0) is 36.4 Å². The van der Waals surface area contributed by atoms with Crippen LogP contribution < -0.4 is 0 Å². The molecule has 1 aliphatic rings. The lowest BCUT2D eigenvalue weighted by Crippen LogP contribution is -2.60. The summed E-state index contributed by atoms with van der Waals surface area (Å²) in [6.45, 7) is -0.784. The predicted molar refractivity (Wildman–Crippen MR) is 97.5 cm³/mol. The Morgan fingerprint density at radius 2 is 1.46 bits per heavy atom. The van der Waals surface area contributed by atoms with Gasteiger partial charge >= 0.3 is 11.9 Å². The zero-order chi connectivity index (χ0) is 20.1. The van der Waals surface area contributed by atoms with Gasteiger partial charge in [-0.1, -0.05) is 36.4 Å². The molecule has 0 aliphatic heterocycles. The van der Waals surface area contributed by atoms with Gasteiger partial charge < -0.3 is 19.7 Å². The molecule has 0 saturated heterocycles. The third-order valence-electron chi connectivity index (χ3n) is 4.33. The van der Waals surface area contributed by atoms with Crippen molar-refractivity contribution in [3.05, 3.63) is 83.9 Å². The Hall–Kier alpha value is -3.29. The summed E-state index contributed by atoms with van der Waals surface area (Å²) in [6.07, 6.45) is -1.01. The Balaban J connectivity index is 1.78. The van der Waals surface area contributed by atoms with Gasteiger partial charge in [0.15, 0.2) is 11.9 Å². The number of benzene rings is 2. The maximum atomic E-state index is 12.3. The largest absolute Gasteiger partial charge is 0.458 e. The number of rotatable bonds is 5. The van der Waals surface area contributed by atoms with E-state index in [0.29, 0.717) is 0 Å². The molecule has 3 rings (SSSR count). The molecular weight excluding hydrogens is 364 g/mol. The number of carbonyl (C=O) groups excluding carboxylic acids is 3. The van der Waals surface area contributed by atoms with E-state index in [4.69, 9.17) is 9.47 Å². The number of aliphatic hydroxyl groups excluding tert-OH is 1. The number of hydrogen-bond acceptors (Lipinski definition) is 7. The predicted octanol–water partition coefficient (Wildman–Crippen LogP) is 1.30. The minimum atomic E-state index is -2.41. The summed E-state index contributed by atoms with van der Waals surface area (Å²) >= 11 is 0.